The van der Waals surface area contributed by atoms with Crippen LogP contribution in [0.25, 0.3) is 10.9 Å². The second kappa shape index (κ2) is 6.95. The summed E-state index contributed by atoms with van der Waals surface area (Å²) in [5.41, 5.74) is 1.84. The maximum Gasteiger partial charge on any atom is 0.308 e. The van der Waals surface area contributed by atoms with E-state index in [1.54, 1.807) is 0 Å². The Hall–Kier alpha value is -2.83. The number of carboxylic acid groups (broad SMARTS) is 2. The van der Waals surface area contributed by atoms with Gasteiger partial charge in [0.15, 0.2) is 0 Å². The molecule has 0 aliphatic rings. The molecule has 0 aliphatic heterocycles. The highest BCUT2D eigenvalue weighted by Crippen LogP contribution is 2.18. The number of aliphatic carboxylic acids is 2. The van der Waals surface area contributed by atoms with Gasteiger partial charge >= 0.3 is 11.9 Å². The number of aromatic nitrogens is 1. The zero-order valence-corrected chi connectivity index (χ0v) is 12.7. The van der Waals surface area contributed by atoms with E-state index in [4.69, 9.17) is 10.2 Å². The van der Waals surface area contributed by atoms with Gasteiger partial charge in [0, 0.05) is 17.8 Å². The highest BCUT2D eigenvalue weighted by atomic mass is 16.4. The van der Waals surface area contributed by atoms with Crippen LogP contribution in [0.4, 0.5) is 0 Å². The minimum Gasteiger partial charge on any atom is -0.481 e. The molecular weight excluding hydrogens is 300 g/mol. The average Bonchev–Trinajstić information content (AvgIpc) is 2.79. The fourth-order valence-electron chi connectivity index (χ4n) is 2.45. The number of benzene rings is 1. The minimum atomic E-state index is -1.24. The molecule has 2 rings (SSSR count). The maximum atomic E-state index is 12.0. The van der Waals surface area contributed by atoms with Gasteiger partial charge in [-0.3, -0.25) is 14.4 Å². The summed E-state index contributed by atoms with van der Waals surface area (Å²) in [6, 6.07) is 9.61. The fourth-order valence-corrected chi connectivity index (χ4v) is 2.45. The number of nitrogens with one attached hydrogen (secondary N) is 1. The van der Waals surface area contributed by atoms with Crippen molar-refractivity contribution in [2.45, 2.75) is 19.9 Å². The number of amides is 1. The molecule has 0 aliphatic carbocycles. The van der Waals surface area contributed by atoms with Crippen molar-refractivity contribution in [3.8, 4) is 0 Å². The third-order valence-electron chi connectivity index (χ3n) is 3.64. The largest absolute Gasteiger partial charge is 0.481 e. The quantitative estimate of drug-likeness (QED) is 0.712. The first-order valence-electron chi connectivity index (χ1n) is 7.14. The molecule has 1 atom stereocenters. The first-order valence-corrected chi connectivity index (χ1v) is 7.14. The van der Waals surface area contributed by atoms with Crippen molar-refractivity contribution in [2.24, 2.45) is 5.92 Å². The van der Waals surface area contributed by atoms with Gasteiger partial charge in [-0.25, -0.2) is 0 Å². The fraction of sp³-hybridized carbons (Fsp3) is 0.312. The van der Waals surface area contributed by atoms with Gasteiger partial charge in [-0.15, -0.1) is 0 Å². The summed E-state index contributed by atoms with van der Waals surface area (Å²) in [5, 5.41) is 21.2. The number of carboxylic acids is 2. The monoisotopic (exact) mass is 318 g/mol. The molecule has 0 radical (unpaired) electrons. The van der Waals surface area contributed by atoms with E-state index in [-0.39, 0.29) is 19.0 Å². The number of hydrogen-bond donors (Lipinski definition) is 3. The highest BCUT2D eigenvalue weighted by Gasteiger charge is 2.21. The topological polar surface area (TPSA) is 109 Å². The molecule has 7 heteroatoms. The van der Waals surface area contributed by atoms with Crippen LogP contribution in [0.15, 0.2) is 30.3 Å². The normalized spacial score (nSPS) is 12.0. The molecule has 1 unspecified atom stereocenters. The highest BCUT2D eigenvalue weighted by molar-refractivity contribution is 5.84. The van der Waals surface area contributed by atoms with Gasteiger partial charge in [0.25, 0.3) is 0 Å². The Balaban J connectivity index is 2.02. The Morgan fingerprint density at radius 3 is 2.57 bits per heavy atom. The lowest BCUT2D eigenvalue weighted by Gasteiger charge is -2.13. The molecule has 0 spiro atoms. The van der Waals surface area contributed by atoms with Gasteiger partial charge in [-0.1, -0.05) is 18.2 Å². The Morgan fingerprint density at radius 1 is 1.22 bits per heavy atom. The number of carbonyl (C=O) groups excluding carboxylic acids is 1. The van der Waals surface area contributed by atoms with Gasteiger partial charge in [-0.2, -0.15) is 0 Å². The van der Waals surface area contributed by atoms with Crippen molar-refractivity contribution in [1.82, 2.24) is 9.88 Å². The molecule has 0 saturated carbocycles. The van der Waals surface area contributed by atoms with Gasteiger partial charge < -0.3 is 20.1 Å². The lowest BCUT2D eigenvalue weighted by Crippen LogP contribution is -2.36. The molecule has 23 heavy (non-hydrogen) atoms. The van der Waals surface area contributed by atoms with Crippen molar-refractivity contribution in [3.05, 3.63) is 36.0 Å². The molecule has 1 aromatic heterocycles. The molecule has 0 fully saturated rings. The molecule has 3 N–H and O–H groups in total. The molecule has 2 aromatic rings. The van der Waals surface area contributed by atoms with Crippen LogP contribution in [-0.2, 0) is 20.9 Å². The smallest absolute Gasteiger partial charge is 0.308 e. The molecule has 122 valence electrons. The van der Waals surface area contributed by atoms with E-state index in [0.717, 1.165) is 16.6 Å². The third-order valence-corrected chi connectivity index (χ3v) is 3.64. The van der Waals surface area contributed by atoms with E-state index in [1.807, 2.05) is 41.8 Å². The number of nitrogens with zero attached hydrogens (tertiary/aromatic N) is 1. The number of fused-ring (bicyclic) bond motifs is 1. The number of aryl methyl sites for hydroxylation is 1. The summed E-state index contributed by atoms with van der Waals surface area (Å²) < 4.78 is 1.83. The lowest BCUT2D eigenvalue weighted by molar-refractivity contribution is -0.148. The van der Waals surface area contributed by atoms with Crippen LogP contribution >= 0.6 is 0 Å². The van der Waals surface area contributed by atoms with E-state index in [2.05, 4.69) is 5.32 Å². The summed E-state index contributed by atoms with van der Waals surface area (Å²) in [6.07, 6.45) is -0.527. The van der Waals surface area contributed by atoms with E-state index in [1.165, 1.54) is 0 Å². The summed E-state index contributed by atoms with van der Waals surface area (Å²) >= 11 is 0. The Labute approximate surface area is 132 Å². The van der Waals surface area contributed by atoms with Gasteiger partial charge in [0.1, 0.15) is 6.54 Å². The standard InChI is InChI=1S/C16H18N2O5/c1-10-6-11-4-2-3-5-13(11)18(10)9-14(19)17-8-12(16(22)23)7-15(20)21/h2-6,12H,7-9H2,1H3,(H,17,19)(H,20,21)(H,22,23). The first-order chi connectivity index (χ1) is 10.9. The van der Waals surface area contributed by atoms with E-state index in [9.17, 15) is 14.4 Å². The summed E-state index contributed by atoms with van der Waals surface area (Å²) in [6.45, 7) is 1.73. The van der Waals surface area contributed by atoms with E-state index in [0.29, 0.717) is 0 Å². The average molecular weight is 318 g/mol. The SMILES string of the molecule is Cc1cc2ccccc2n1CC(=O)NCC(CC(=O)O)C(=O)O. The van der Waals surface area contributed by atoms with Crippen LogP contribution < -0.4 is 5.32 Å². The van der Waals surface area contributed by atoms with Crippen LogP contribution in [0.1, 0.15) is 12.1 Å². The van der Waals surface area contributed by atoms with E-state index < -0.39 is 24.3 Å². The Bertz CT molecular complexity index is 750. The molecule has 7 nitrogen and oxygen atoms in total. The molecule has 0 saturated heterocycles. The molecule has 1 amide bonds. The van der Waals surface area contributed by atoms with E-state index >= 15 is 0 Å². The van der Waals surface area contributed by atoms with Gasteiger partial charge in [0.05, 0.1) is 12.3 Å². The van der Waals surface area contributed by atoms with Gasteiger partial charge in [-0.05, 0) is 24.4 Å². The Morgan fingerprint density at radius 2 is 1.91 bits per heavy atom. The zero-order valence-electron chi connectivity index (χ0n) is 12.7. The Kier molecular flexibility index (Phi) is 5.00. The second-order valence-electron chi connectivity index (χ2n) is 5.37. The minimum absolute atomic E-state index is 0.0543. The van der Waals surface area contributed by atoms with Crippen molar-refractivity contribution >= 4 is 28.7 Å². The van der Waals surface area contributed by atoms with Crippen LogP contribution in [-0.4, -0.2) is 39.2 Å². The van der Waals surface area contributed by atoms with Crippen molar-refractivity contribution in [3.63, 3.8) is 0 Å². The second-order valence-corrected chi connectivity index (χ2v) is 5.37. The third kappa shape index (κ3) is 4.09. The van der Waals surface area contributed by atoms with Crippen LogP contribution in [0.2, 0.25) is 0 Å². The van der Waals surface area contributed by atoms with Gasteiger partial charge in [0.2, 0.25) is 5.91 Å². The summed E-state index contributed by atoms with van der Waals surface area (Å²) in [5.74, 6) is -3.95. The van der Waals surface area contributed by atoms with Crippen LogP contribution in [0.3, 0.4) is 0 Å². The first kappa shape index (κ1) is 16.5. The number of para-hydroxylation sites is 1. The predicted molar refractivity (Wildman–Crippen MR) is 83.1 cm³/mol. The predicted octanol–water partition coefficient (Wildman–Crippen LogP) is 1.24. The molecular formula is C16H18N2O5. The molecule has 1 aromatic carbocycles. The van der Waals surface area contributed by atoms with Crippen LogP contribution in [0.5, 0.6) is 0 Å². The zero-order chi connectivity index (χ0) is 17.0. The molecule has 0 bridgehead atoms. The molecule has 1 heterocycles. The number of carbonyl (C=O) groups is 3. The van der Waals surface area contributed by atoms with Crippen molar-refractivity contribution in [2.75, 3.05) is 6.54 Å². The lowest BCUT2D eigenvalue weighted by atomic mass is 10.1. The van der Waals surface area contributed by atoms with Crippen molar-refractivity contribution in [1.29, 1.82) is 0 Å². The van der Waals surface area contributed by atoms with Crippen LogP contribution in [0, 0.1) is 12.8 Å². The summed E-state index contributed by atoms with van der Waals surface area (Å²) in [4.78, 5) is 33.6. The number of hydrogen-bond acceptors (Lipinski definition) is 3. The summed E-state index contributed by atoms with van der Waals surface area (Å²) in [7, 11) is 0. The van der Waals surface area contributed by atoms with Crippen molar-refractivity contribution < 1.29 is 24.6 Å². The maximum absolute atomic E-state index is 12.0. The number of rotatable bonds is 7.